The van der Waals surface area contributed by atoms with Crippen LogP contribution in [0.2, 0.25) is 0 Å². The lowest BCUT2D eigenvalue weighted by molar-refractivity contribution is 0.0528. The van der Waals surface area contributed by atoms with Gasteiger partial charge in [0.15, 0.2) is 11.5 Å². The minimum Gasteiger partial charge on any atom is -0.493 e. The van der Waals surface area contributed by atoms with Gasteiger partial charge in [0.05, 0.1) is 11.0 Å². The van der Waals surface area contributed by atoms with Crippen molar-refractivity contribution in [2.75, 3.05) is 20.4 Å². The van der Waals surface area contributed by atoms with Gasteiger partial charge < -0.3 is 24.3 Å². The third kappa shape index (κ3) is 4.31. The Morgan fingerprint density at radius 2 is 2.14 bits per heavy atom. The molecule has 0 fully saturated rings. The first-order valence-electron chi connectivity index (χ1n) is 6.88. The summed E-state index contributed by atoms with van der Waals surface area (Å²) in [5.41, 5.74) is 0.477. The number of fused-ring (bicyclic) bond motifs is 1. The molecule has 7 heteroatoms. The number of ether oxygens (including phenoxy) is 4. The summed E-state index contributed by atoms with van der Waals surface area (Å²) >= 11 is 2.25. The SMILES string of the molecule is COc1cc(C(I)CNC(=O)OC(C)(C)C)cc2c1OCO2. The summed E-state index contributed by atoms with van der Waals surface area (Å²) in [6, 6.07) is 3.79. The summed E-state index contributed by atoms with van der Waals surface area (Å²) < 4.78 is 21.4. The third-order valence-electron chi connectivity index (χ3n) is 2.87. The van der Waals surface area contributed by atoms with Crippen LogP contribution >= 0.6 is 22.6 Å². The Bertz CT molecular complexity index is 556. The number of methoxy groups -OCH3 is 1. The third-order valence-corrected chi connectivity index (χ3v) is 4.03. The monoisotopic (exact) mass is 421 g/mol. The van der Waals surface area contributed by atoms with Crippen molar-refractivity contribution in [3.8, 4) is 17.2 Å². The van der Waals surface area contributed by atoms with E-state index < -0.39 is 11.7 Å². The van der Waals surface area contributed by atoms with E-state index >= 15 is 0 Å². The van der Waals surface area contributed by atoms with Gasteiger partial charge in [-0.25, -0.2) is 4.79 Å². The van der Waals surface area contributed by atoms with E-state index in [0.717, 1.165) is 5.56 Å². The maximum Gasteiger partial charge on any atom is 0.407 e. The van der Waals surface area contributed by atoms with Crippen LogP contribution in [0.25, 0.3) is 0 Å². The molecule has 0 spiro atoms. The fraction of sp³-hybridized carbons (Fsp3) is 0.533. The molecule has 1 atom stereocenters. The Labute approximate surface area is 143 Å². The number of carbonyl (C=O) groups excluding carboxylic acids is 1. The maximum absolute atomic E-state index is 11.7. The zero-order valence-electron chi connectivity index (χ0n) is 13.1. The molecule has 22 heavy (non-hydrogen) atoms. The van der Waals surface area contributed by atoms with Gasteiger partial charge in [-0.05, 0) is 38.5 Å². The first-order valence-corrected chi connectivity index (χ1v) is 8.13. The van der Waals surface area contributed by atoms with Gasteiger partial charge in [0.2, 0.25) is 12.5 Å². The molecule has 1 aliphatic rings. The molecule has 2 rings (SSSR count). The molecule has 1 heterocycles. The second-order valence-electron chi connectivity index (χ2n) is 5.81. The van der Waals surface area contributed by atoms with E-state index in [4.69, 9.17) is 18.9 Å². The molecule has 0 saturated carbocycles. The van der Waals surface area contributed by atoms with Crippen LogP contribution in [-0.2, 0) is 4.74 Å². The van der Waals surface area contributed by atoms with Crippen molar-refractivity contribution in [2.24, 2.45) is 0 Å². The fourth-order valence-corrected chi connectivity index (χ4v) is 2.52. The van der Waals surface area contributed by atoms with Crippen molar-refractivity contribution in [1.82, 2.24) is 5.32 Å². The molecule has 1 aromatic rings. The Morgan fingerprint density at radius 3 is 2.77 bits per heavy atom. The Hall–Kier alpha value is -1.38. The smallest absolute Gasteiger partial charge is 0.407 e. The molecule has 0 bridgehead atoms. The number of alkyl halides is 1. The van der Waals surface area contributed by atoms with Crippen LogP contribution in [0.15, 0.2) is 12.1 Å². The average Bonchev–Trinajstić information content (AvgIpc) is 2.90. The number of halogens is 1. The lowest BCUT2D eigenvalue weighted by Gasteiger charge is -2.20. The van der Waals surface area contributed by atoms with Crippen LogP contribution in [0.3, 0.4) is 0 Å². The lowest BCUT2D eigenvalue weighted by Crippen LogP contribution is -2.34. The van der Waals surface area contributed by atoms with E-state index in [1.807, 2.05) is 32.9 Å². The minimum absolute atomic E-state index is 0.0496. The highest BCUT2D eigenvalue weighted by Gasteiger charge is 2.23. The number of amides is 1. The molecule has 1 aromatic carbocycles. The summed E-state index contributed by atoms with van der Waals surface area (Å²) in [6.45, 7) is 6.12. The number of nitrogens with one attached hydrogen (secondary N) is 1. The van der Waals surface area contributed by atoms with Gasteiger partial charge in [0, 0.05) is 6.54 Å². The topological polar surface area (TPSA) is 66.0 Å². The predicted octanol–water partition coefficient (Wildman–Crippen LogP) is 3.42. The predicted molar refractivity (Wildman–Crippen MR) is 90.1 cm³/mol. The van der Waals surface area contributed by atoms with Crippen molar-refractivity contribution in [3.63, 3.8) is 0 Å². The lowest BCUT2D eigenvalue weighted by atomic mass is 10.1. The number of benzene rings is 1. The van der Waals surface area contributed by atoms with Crippen molar-refractivity contribution in [1.29, 1.82) is 0 Å². The molecule has 1 aliphatic heterocycles. The van der Waals surface area contributed by atoms with Gasteiger partial charge in [-0.1, -0.05) is 22.6 Å². The molecule has 6 nitrogen and oxygen atoms in total. The summed E-state index contributed by atoms with van der Waals surface area (Å²) in [5, 5.41) is 2.76. The molecule has 0 saturated heterocycles. The highest BCUT2D eigenvalue weighted by Crippen LogP contribution is 2.44. The molecule has 1 unspecified atom stereocenters. The van der Waals surface area contributed by atoms with Crippen LogP contribution in [0.1, 0.15) is 30.3 Å². The van der Waals surface area contributed by atoms with E-state index in [2.05, 4.69) is 27.9 Å². The van der Waals surface area contributed by atoms with Gasteiger partial charge in [0.25, 0.3) is 0 Å². The molecule has 0 radical (unpaired) electrons. The number of hydrogen-bond acceptors (Lipinski definition) is 5. The zero-order chi connectivity index (χ0) is 16.3. The first-order chi connectivity index (χ1) is 10.3. The largest absolute Gasteiger partial charge is 0.493 e. The minimum atomic E-state index is -0.507. The number of hydrogen-bond donors (Lipinski definition) is 1. The Kier molecular flexibility index (Phi) is 5.25. The van der Waals surface area contributed by atoms with Crippen LogP contribution < -0.4 is 19.5 Å². The van der Waals surface area contributed by atoms with Crippen LogP contribution in [0.5, 0.6) is 17.2 Å². The molecule has 0 aliphatic carbocycles. The molecule has 1 amide bonds. The van der Waals surface area contributed by atoms with E-state index in [9.17, 15) is 4.79 Å². The van der Waals surface area contributed by atoms with Gasteiger partial charge in [-0.15, -0.1) is 0 Å². The van der Waals surface area contributed by atoms with E-state index in [1.54, 1.807) is 7.11 Å². The molecule has 1 N–H and O–H groups in total. The van der Waals surface area contributed by atoms with Gasteiger partial charge >= 0.3 is 6.09 Å². The summed E-state index contributed by atoms with van der Waals surface area (Å²) in [7, 11) is 1.59. The zero-order valence-corrected chi connectivity index (χ0v) is 15.2. The second kappa shape index (κ2) is 6.80. The van der Waals surface area contributed by atoms with Crippen LogP contribution in [-0.4, -0.2) is 32.1 Å². The highest BCUT2D eigenvalue weighted by atomic mass is 127. The number of rotatable bonds is 4. The van der Waals surface area contributed by atoms with Crippen LogP contribution in [0.4, 0.5) is 4.79 Å². The van der Waals surface area contributed by atoms with Crippen molar-refractivity contribution >= 4 is 28.7 Å². The fourth-order valence-electron chi connectivity index (χ4n) is 1.94. The normalized spacial score (nSPS) is 14.4. The van der Waals surface area contributed by atoms with Crippen molar-refractivity contribution in [2.45, 2.75) is 30.3 Å². The van der Waals surface area contributed by atoms with E-state index in [0.29, 0.717) is 23.8 Å². The quantitative estimate of drug-likeness (QED) is 0.596. The summed E-state index contributed by atoms with van der Waals surface area (Å²) in [4.78, 5) is 11.7. The standard InChI is InChI=1S/C15H20INO5/c1-15(2,3)22-14(18)17-7-10(16)9-5-11(19-4)13-12(6-9)20-8-21-13/h5-6,10H,7-8H2,1-4H3,(H,17,18). The first kappa shape index (κ1) is 17.0. The van der Waals surface area contributed by atoms with Crippen molar-refractivity contribution in [3.05, 3.63) is 17.7 Å². The maximum atomic E-state index is 11.7. The molecular formula is C15H20INO5. The Morgan fingerprint density at radius 1 is 1.41 bits per heavy atom. The van der Waals surface area contributed by atoms with Gasteiger partial charge in [0.1, 0.15) is 5.60 Å². The number of alkyl carbamates (subject to hydrolysis) is 1. The molecular weight excluding hydrogens is 401 g/mol. The van der Waals surface area contributed by atoms with Crippen molar-refractivity contribution < 1.29 is 23.7 Å². The average molecular weight is 421 g/mol. The number of carbonyl (C=O) groups is 1. The van der Waals surface area contributed by atoms with E-state index in [1.165, 1.54) is 0 Å². The highest BCUT2D eigenvalue weighted by molar-refractivity contribution is 14.1. The molecule has 0 aromatic heterocycles. The molecule has 122 valence electrons. The second-order valence-corrected chi connectivity index (χ2v) is 7.31. The van der Waals surface area contributed by atoms with E-state index in [-0.39, 0.29) is 10.7 Å². The summed E-state index contributed by atoms with van der Waals surface area (Å²) in [6.07, 6.45) is -0.429. The van der Waals surface area contributed by atoms with Gasteiger partial charge in [-0.2, -0.15) is 0 Å². The Balaban J connectivity index is 2.01. The summed E-state index contributed by atoms with van der Waals surface area (Å²) in [5.74, 6) is 1.91. The van der Waals surface area contributed by atoms with Crippen LogP contribution in [0, 0.1) is 0 Å². The van der Waals surface area contributed by atoms with Gasteiger partial charge in [-0.3, -0.25) is 0 Å².